The number of carbonyl (C=O) groups is 3. The van der Waals surface area contributed by atoms with E-state index < -0.39 is 5.25 Å². The highest BCUT2D eigenvalue weighted by Gasteiger charge is 2.45. The molecule has 2 aromatic rings. The molecule has 0 spiro atoms. The van der Waals surface area contributed by atoms with Crippen molar-refractivity contribution >= 4 is 41.0 Å². The zero-order valence-corrected chi connectivity index (χ0v) is 32.1. The third-order valence-electron chi connectivity index (χ3n) is 12.0. The van der Waals surface area contributed by atoms with Crippen LogP contribution in [0.3, 0.4) is 0 Å². The predicted molar refractivity (Wildman–Crippen MR) is 207 cm³/mol. The second-order valence-electron chi connectivity index (χ2n) is 16.7. The van der Waals surface area contributed by atoms with E-state index in [0.717, 1.165) is 55.6 Å². The lowest BCUT2D eigenvalue weighted by Gasteiger charge is -2.42. The highest BCUT2D eigenvalue weighted by Crippen LogP contribution is 2.49. The van der Waals surface area contributed by atoms with Gasteiger partial charge >= 0.3 is 6.03 Å². The van der Waals surface area contributed by atoms with Gasteiger partial charge in [0, 0.05) is 69.0 Å². The number of hydrogen-bond acceptors (Lipinski definition) is 6. The summed E-state index contributed by atoms with van der Waals surface area (Å²) in [5.41, 5.74) is 3.50. The largest absolute Gasteiger partial charge is 0.369 e. The summed E-state index contributed by atoms with van der Waals surface area (Å²) in [4.78, 5) is 51.8. The summed E-state index contributed by atoms with van der Waals surface area (Å²) in [6, 6.07) is 13.8. The minimum absolute atomic E-state index is 0.0158. The number of nitrogens with one attached hydrogen (secondary N) is 1. The molecule has 0 radical (unpaired) electrons. The van der Waals surface area contributed by atoms with E-state index in [1.165, 1.54) is 44.1 Å². The van der Waals surface area contributed by atoms with Crippen molar-refractivity contribution in [2.75, 3.05) is 62.6 Å². The molecule has 1 N–H and O–H groups in total. The average Bonchev–Trinajstić information content (AvgIpc) is 3.34. The van der Waals surface area contributed by atoms with Gasteiger partial charge in [-0.3, -0.25) is 9.59 Å². The maximum Gasteiger partial charge on any atom is 0.322 e. The van der Waals surface area contributed by atoms with Crippen molar-refractivity contribution in [3.05, 3.63) is 59.4 Å². The third-order valence-corrected chi connectivity index (χ3v) is 13.4. The highest BCUT2D eigenvalue weighted by atomic mass is 32.2. The fraction of sp³-hybridized carbons (Fsp3) is 0.634. The van der Waals surface area contributed by atoms with Crippen LogP contribution in [0.2, 0.25) is 0 Å². The van der Waals surface area contributed by atoms with Crippen LogP contribution in [0.1, 0.15) is 95.1 Å². The molecule has 4 saturated heterocycles. The number of rotatable bonds is 8. The van der Waals surface area contributed by atoms with Gasteiger partial charge in [-0.1, -0.05) is 57.5 Å². The van der Waals surface area contributed by atoms with E-state index in [1.807, 2.05) is 39.0 Å². The Kier molecular flexibility index (Phi) is 11.4. The number of nitrogens with zero attached hydrogens (tertiary/aromatic N) is 5. The Labute approximate surface area is 313 Å². The van der Waals surface area contributed by atoms with E-state index in [9.17, 15) is 14.4 Å². The number of thioether (sulfide) groups is 1. The Morgan fingerprint density at radius 2 is 1.58 bits per heavy atom. The Hall–Kier alpha value is -3.31. The maximum atomic E-state index is 15.9. The van der Waals surface area contributed by atoms with E-state index in [2.05, 4.69) is 42.0 Å². The topological polar surface area (TPSA) is 79.4 Å². The number of hydrogen-bond donors (Lipinski definition) is 1. The van der Waals surface area contributed by atoms with Gasteiger partial charge in [0.1, 0.15) is 11.2 Å². The number of para-hydroxylation sites is 2. The van der Waals surface area contributed by atoms with E-state index in [1.54, 1.807) is 12.1 Å². The lowest BCUT2D eigenvalue weighted by Crippen LogP contribution is -2.50. The molecule has 9 nitrogen and oxygen atoms in total. The van der Waals surface area contributed by atoms with Crippen LogP contribution in [0.5, 0.6) is 0 Å². The monoisotopic (exact) mass is 732 g/mol. The number of urea groups is 1. The SMILES string of the molecule is CC(C)(C)CCN1C(=O)[C@H](CC(=O)N2CCC(N3CCc4ccccc4NC3=O)CC2)SC1c1cccc(F)c1N1CCC(N2CCCCC2)CC1. The van der Waals surface area contributed by atoms with Crippen molar-refractivity contribution in [1.29, 1.82) is 0 Å². The summed E-state index contributed by atoms with van der Waals surface area (Å²) in [6.07, 6.45) is 9.04. The van der Waals surface area contributed by atoms with Crippen LogP contribution in [-0.2, 0) is 16.0 Å². The van der Waals surface area contributed by atoms with Crippen molar-refractivity contribution in [2.24, 2.45) is 5.41 Å². The molecular formula is C41H57FN6O3S. The van der Waals surface area contributed by atoms with Gasteiger partial charge in [-0.15, -0.1) is 11.8 Å². The number of halogens is 1. The average molecular weight is 733 g/mol. The molecule has 4 fully saturated rings. The van der Waals surface area contributed by atoms with E-state index in [4.69, 9.17) is 0 Å². The van der Waals surface area contributed by atoms with Crippen molar-refractivity contribution in [2.45, 2.75) is 108 Å². The summed E-state index contributed by atoms with van der Waals surface area (Å²) >= 11 is 1.52. The van der Waals surface area contributed by atoms with Gasteiger partial charge in [-0.2, -0.15) is 0 Å². The maximum absolute atomic E-state index is 15.9. The highest BCUT2D eigenvalue weighted by molar-refractivity contribution is 8.01. The van der Waals surface area contributed by atoms with Gasteiger partial charge in [-0.05, 0) is 87.6 Å². The quantitative estimate of drug-likeness (QED) is 0.311. The number of amides is 4. The van der Waals surface area contributed by atoms with E-state index >= 15 is 4.39 Å². The van der Waals surface area contributed by atoms with Crippen molar-refractivity contribution in [3.63, 3.8) is 0 Å². The molecule has 0 bridgehead atoms. The number of anilines is 2. The number of fused-ring (bicyclic) bond motifs is 1. The molecule has 0 saturated carbocycles. The predicted octanol–water partition coefficient (Wildman–Crippen LogP) is 7.13. The van der Waals surface area contributed by atoms with Crippen LogP contribution in [0.4, 0.5) is 20.6 Å². The van der Waals surface area contributed by atoms with Gasteiger partial charge in [0.25, 0.3) is 0 Å². The molecule has 0 aromatic heterocycles. The molecule has 2 aromatic carbocycles. The Bertz CT molecular complexity index is 1590. The summed E-state index contributed by atoms with van der Waals surface area (Å²) in [6.45, 7) is 12.8. The van der Waals surface area contributed by atoms with Crippen molar-refractivity contribution in [3.8, 4) is 0 Å². The number of carbonyl (C=O) groups excluding carboxylic acids is 3. The van der Waals surface area contributed by atoms with Crippen LogP contribution in [0, 0.1) is 11.2 Å². The first-order valence-electron chi connectivity index (χ1n) is 19.7. The second kappa shape index (κ2) is 16.0. The van der Waals surface area contributed by atoms with Gasteiger partial charge in [0.05, 0.1) is 10.9 Å². The summed E-state index contributed by atoms with van der Waals surface area (Å²) in [7, 11) is 0. The van der Waals surface area contributed by atoms with Crippen molar-refractivity contribution in [1.82, 2.24) is 19.6 Å². The van der Waals surface area contributed by atoms with Crippen LogP contribution < -0.4 is 10.2 Å². The van der Waals surface area contributed by atoms with Gasteiger partial charge in [0.15, 0.2) is 0 Å². The van der Waals surface area contributed by atoms with Gasteiger partial charge < -0.3 is 29.8 Å². The summed E-state index contributed by atoms with van der Waals surface area (Å²) in [5, 5.41) is 2.20. The van der Waals surface area contributed by atoms with E-state index in [-0.39, 0.29) is 46.9 Å². The standard InChI is InChI=1S/C41H57FN6O3S/c1-41(2,3)19-27-48-38(50)35(28-36(49)45-22-17-31(18-23-45)47-26-14-29-10-5-6-13-34(29)43-40(47)51)52-39(48)32-11-9-12-33(42)37(32)46-24-15-30(16-25-46)44-20-7-4-8-21-44/h5-6,9-13,30-31,35,39H,4,7-8,14-28H2,1-3H3,(H,43,51)/t35-,39?/m0/s1. The lowest BCUT2D eigenvalue weighted by molar-refractivity contribution is -0.137. The van der Waals surface area contributed by atoms with Crippen LogP contribution in [0.25, 0.3) is 0 Å². The molecule has 0 aliphatic carbocycles. The number of likely N-dealkylation sites (tertiary alicyclic amines) is 2. The fourth-order valence-corrected chi connectivity index (χ4v) is 10.4. The molecule has 7 rings (SSSR count). The number of piperidine rings is 3. The molecule has 5 heterocycles. The van der Waals surface area contributed by atoms with Gasteiger partial charge in [-0.25, -0.2) is 9.18 Å². The molecule has 11 heteroatoms. The Balaban J connectivity index is 1.01. The molecule has 52 heavy (non-hydrogen) atoms. The zero-order chi connectivity index (χ0) is 36.4. The lowest BCUT2D eigenvalue weighted by atomic mass is 9.92. The molecule has 4 amide bonds. The van der Waals surface area contributed by atoms with Crippen LogP contribution in [0.15, 0.2) is 42.5 Å². The Morgan fingerprint density at radius 1 is 0.865 bits per heavy atom. The normalized spacial score (nSPS) is 24.2. The molecule has 5 aliphatic heterocycles. The number of benzene rings is 2. The van der Waals surface area contributed by atoms with Gasteiger partial charge in [0.2, 0.25) is 11.8 Å². The Morgan fingerprint density at radius 3 is 2.31 bits per heavy atom. The molecular weight excluding hydrogens is 676 g/mol. The first-order valence-corrected chi connectivity index (χ1v) is 20.7. The first-order chi connectivity index (χ1) is 25.1. The van der Waals surface area contributed by atoms with Crippen LogP contribution in [-0.4, -0.2) is 107 Å². The molecule has 282 valence electrons. The fourth-order valence-electron chi connectivity index (χ4n) is 8.90. The van der Waals surface area contributed by atoms with Crippen molar-refractivity contribution < 1.29 is 18.8 Å². The second-order valence-corrected chi connectivity index (χ2v) is 17.9. The first kappa shape index (κ1) is 37.0. The third kappa shape index (κ3) is 8.25. The zero-order valence-electron chi connectivity index (χ0n) is 31.3. The molecule has 5 aliphatic rings. The smallest absolute Gasteiger partial charge is 0.322 e. The minimum atomic E-state index is -0.522. The minimum Gasteiger partial charge on any atom is -0.369 e. The summed E-state index contributed by atoms with van der Waals surface area (Å²) in [5.74, 6) is -0.280. The summed E-state index contributed by atoms with van der Waals surface area (Å²) < 4.78 is 15.9. The van der Waals surface area contributed by atoms with Crippen LogP contribution >= 0.6 is 11.8 Å². The molecule has 1 unspecified atom stereocenters. The van der Waals surface area contributed by atoms with E-state index in [0.29, 0.717) is 50.7 Å². The molecule has 2 atom stereocenters.